The molecular weight excluding hydrogens is 525 g/mol. The standard InChI is InChI=1S/C21H45B3O15/c1-7-31-19(25-4)16-28-10-13-34-22-37-23(35-14-11-29-17-20(26-5)32-8-2)39-24(38-22)36-15-12-30-18-21(27-6)33-9-3/h19-21H,7-18H2,1-6H3. The molecule has 0 aliphatic carbocycles. The summed E-state index contributed by atoms with van der Waals surface area (Å²) >= 11 is 0. The quantitative estimate of drug-likeness (QED) is 0.0751. The third-order valence-corrected chi connectivity index (χ3v) is 4.72. The van der Waals surface area contributed by atoms with E-state index in [1.807, 2.05) is 20.8 Å². The van der Waals surface area contributed by atoms with E-state index in [9.17, 15) is 0 Å². The largest absolute Gasteiger partial charge is 0.615 e. The number of rotatable bonds is 27. The van der Waals surface area contributed by atoms with Crippen LogP contribution >= 0.6 is 0 Å². The summed E-state index contributed by atoms with van der Waals surface area (Å²) in [5.41, 5.74) is 0. The van der Waals surface area contributed by atoms with E-state index in [-0.39, 0.29) is 59.5 Å². The Morgan fingerprint density at radius 3 is 0.974 bits per heavy atom. The molecule has 1 heterocycles. The van der Waals surface area contributed by atoms with Crippen molar-refractivity contribution in [3.63, 3.8) is 0 Å². The van der Waals surface area contributed by atoms with Crippen LogP contribution in [-0.2, 0) is 70.3 Å². The average Bonchev–Trinajstić information content (AvgIpc) is 2.94. The highest BCUT2D eigenvalue weighted by atomic mass is 16.9. The van der Waals surface area contributed by atoms with Crippen molar-refractivity contribution in [2.45, 2.75) is 39.6 Å². The van der Waals surface area contributed by atoms with Crippen molar-refractivity contribution in [1.29, 1.82) is 0 Å². The van der Waals surface area contributed by atoms with Gasteiger partial charge < -0.3 is 70.3 Å². The van der Waals surface area contributed by atoms with E-state index in [1.165, 1.54) is 0 Å². The SMILES string of the molecule is CCOC(COCCOB1OB(OCCOCC(OC)OCC)OB(OCCOCC(OC)OCC)O1)OC. The zero-order valence-corrected chi connectivity index (χ0v) is 24.1. The summed E-state index contributed by atoms with van der Waals surface area (Å²) in [5, 5.41) is 0. The summed E-state index contributed by atoms with van der Waals surface area (Å²) < 4.78 is 81.5. The Kier molecular flexibility index (Phi) is 23.8. The fourth-order valence-electron chi connectivity index (χ4n) is 2.86. The summed E-state index contributed by atoms with van der Waals surface area (Å²) in [5.74, 6) is 0. The average molecular weight is 570 g/mol. The van der Waals surface area contributed by atoms with E-state index >= 15 is 0 Å². The molecule has 3 atom stereocenters. The molecule has 18 heteroatoms. The van der Waals surface area contributed by atoms with Crippen LogP contribution in [0.4, 0.5) is 0 Å². The van der Waals surface area contributed by atoms with Gasteiger partial charge in [0.15, 0.2) is 18.9 Å². The Bertz CT molecular complexity index is 467. The van der Waals surface area contributed by atoms with Crippen molar-refractivity contribution >= 4 is 22.0 Å². The van der Waals surface area contributed by atoms with Gasteiger partial charge in [0.1, 0.15) is 0 Å². The molecule has 39 heavy (non-hydrogen) atoms. The molecule has 228 valence electrons. The monoisotopic (exact) mass is 570 g/mol. The Labute approximate surface area is 233 Å². The highest BCUT2D eigenvalue weighted by molar-refractivity contribution is 6.66. The molecule has 0 spiro atoms. The van der Waals surface area contributed by atoms with E-state index < -0.39 is 40.8 Å². The van der Waals surface area contributed by atoms with Gasteiger partial charge in [-0.2, -0.15) is 0 Å². The molecular formula is C21H45B3O15. The fourth-order valence-corrected chi connectivity index (χ4v) is 2.86. The molecule has 0 aromatic rings. The van der Waals surface area contributed by atoms with E-state index in [2.05, 4.69) is 0 Å². The third-order valence-electron chi connectivity index (χ3n) is 4.72. The van der Waals surface area contributed by atoms with E-state index in [1.54, 1.807) is 21.3 Å². The summed E-state index contributed by atoms with van der Waals surface area (Å²) in [6.07, 6.45) is -1.36. The predicted octanol–water partition coefficient (Wildman–Crippen LogP) is 0.131. The van der Waals surface area contributed by atoms with Gasteiger partial charge in [-0.1, -0.05) is 0 Å². The molecule has 0 radical (unpaired) electrons. The molecule has 1 aliphatic rings. The van der Waals surface area contributed by atoms with E-state index in [4.69, 9.17) is 70.3 Å². The molecule has 1 aliphatic heterocycles. The summed E-state index contributed by atoms with van der Waals surface area (Å²) in [7, 11) is 1.25. The highest BCUT2D eigenvalue weighted by Gasteiger charge is 2.46. The second kappa shape index (κ2) is 25.3. The fraction of sp³-hybridized carbons (Fsp3) is 1.00. The normalized spacial score (nSPS) is 16.6. The number of methoxy groups -OCH3 is 3. The topological polar surface area (TPSA) is 138 Å². The van der Waals surface area contributed by atoms with Crippen molar-refractivity contribution in [3.8, 4) is 0 Å². The molecule has 0 amide bonds. The van der Waals surface area contributed by atoms with Gasteiger partial charge in [-0.3, -0.25) is 0 Å². The lowest BCUT2D eigenvalue weighted by Crippen LogP contribution is -2.53. The van der Waals surface area contributed by atoms with Gasteiger partial charge in [-0.15, -0.1) is 0 Å². The first kappa shape index (κ1) is 36.6. The molecule has 0 bridgehead atoms. The van der Waals surface area contributed by atoms with Crippen LogP contribution in [0.25, 0.3) is 0 Å². The van der Waals surface area contributed by atoms with Crippen LogP contribution in [0.5, 0.6) is 0 Å². The molecule has 0 saturated carbocycles. The Balaban J connectivity index is 2.43. The number of hydrogen-bond donors (Lipinski definition) is 0. The molecule has 1 saturated heterocycles. The van der Waals surface area contributed by atoms with Crippen LogP contribution in [0, 0.1) is 0 Å². The van der Waals surface area contributed by atoms with Crippen LogP contribution < -0.4 is 0 Å². The van der Waals surface area contributed by atoms with E-state index in [0.717, 1.165) is 0 Å². The predicted molar refractivity (Wildman–Crippen MR) is 138 cm³/mol. The first-order valence-corrected chi connectivity index (χ1v) is 13.1. The zero-order valence-electron chi connectivity index (χ0n) is 24.1. The first-order chi connectivity index (χ1) is 19.1. The Morgan fingerprint density at radius 1 is 0.462 bits per heavy atom. The Hall–Kier alpha value is -0.405. The van der Waals surface area contributed by atoms with Gasteiger partial charge in [0, 0.05) is 41.2 Å². The zero-order chi connectivity index (χ0) is 28.6. The molecule has 1 fully saturated rings. The van der Waals surface area contributed by atoms with Crippen LogP contribution in [0.2, 0.25) is 0 Å². The second-order valence-corrected chi connectivity index (χ2v) is 7.47. The van der Waals surface area contributed by atoms with Crippen LogP contribution in [-0.4, -0.2) is 141 Å². The van der Waals surface area contributed by atoms with Gasteiger partial charge in [0.25, 0.3) is 0 Å². The van der Waals surface area contributed by atoms with Gasteiger partial charge in [0.2, 0.25) is 0 Å². The maximum Gasteiger partial charge on any atom is 0.615 e. The van der Waals surface area contributed by atoms with Crippen LogP contribution in [0.15, 0.2) is 0 Å². The summed E-state index contributed by atoms with van der Waals surface area (Å²) in [4.78, 5) is 0. The second-order valence-electron chi connectivity index (χ2n) is 7.47. The number of hydrogen-bond acceptors (Lipinski definition) is 15. The summed E-state index contributed by atoms with van der Waals surface area (Å²) in [6.45, 7) is 9.13. The minimum Gasteiger partial charge on any atom is -0.400 e. The minimum atomic E-state index is -1.13. The lowest BCUT2D eigenvalue weighted by molar-refractivity contribution is -0.156. The van der Waals surface area contributed by atoms with Crippen LogP contribution in [0.3, 0.4) is 0 Å². The lowest BCUT2D eigenvalue weighted by Gasteiger charge is -2.28. The van der Waals surface area contributed by atoms with E-state index in [0.29, 0.717) is 19.8 Å². The van der Waals surface area contributed by atoms with Crippen molar-refractivity contribution in [3.05, 3.63) is 0 Å². The first-order valence-electron chi connectivity index (χ1n) is 13.1. The molecule has 15 nitrogen and oxygen atoms in total. The van der Waals surface area contributed by atoms with Gasteiger partial charge in [0.05, 0.1) is 59.5 Å². The van der Waals surface area contributed by atoms with Crippen molar-refractivity contribution in [2.75, 3.05) is 101 Å². The molecule has 1 rings (SSSR count). The molecule has 0 N–H and O–H groups in total. The highest BCUT2D eigenvalue weighted by Crippen LogP contribution is 2.11. The molecule has 3 unspecified atom stereocenters. The van der Waals surface area contributed by atoms with Crippen molar-refractivity contribution < 1.29 is 70.3 Å². The summed E-state index contributed by atoms with van der Waals surface area (Å²) in [6, 6.07) is 0. The minimum absolute atomic E-state index is 0.157. The number of ether oxygens (including phenoxy) is 9. The van der Waals surface area contributed by atoms with Crippen molar-refractivity contribution in [2.24, 2.45) is 0 Å². The van der Waals surface area contributed by atoms with Gasteiger partial charge in [-0.05, 0) is 20.8 Å². The third kappa shape index (κ3) is 18.6. The van der Waals surface area contributed by atoms with Gasteiger partial charge in [-0.25, -0.2) is 0 Å². The van der Waals surface area contributed by atoms with Crippen LogP contribution in [0.1, 0.15) is 20.8 Å². The maximum atomic E-state index is 5.60. The van der Waals surface area contributed by atoms with Crippen molar-refractivity contribution in [1.82, 2.24) is 0 Å². The molecule has 0 aromatic carbocycles. The maximum absolute atomic E-state index is 5.60. The van der Waals surface area contributed by atoms with Gasteiger partial charge >= 0.3 is 22.0 Å². The smallest absolute Gasteiger partial charge is 0.400 e. The Morgan fingerprint density at radius 2 is 0.744 bits per heavy atom. The molecule has 0 aromatic heterocycles. The lowest BCUT2D eigenvalue weighted by atomic mass is 9.96.